The van der Waals surface area contributed by atoms with Crippen LogP contribution in [0.2, 0.25) is 5.02 Å². The number of thiazole rings is 1. The van der Waals surface area contributed by atoms with Crippen molar-refractivity contribution in [2.45, 2.75) is 13.1 Å². The fourth-order valence-electron chi connectivity index (χ4n) is 3.32. The minimum atomic E-state index is -0.178. The fourth-order valence-corrected chi connectivity index (χ4v) is 4.45. The third-order valence-corrected chi connectivity index (χ3v) is 6.08. The van der Waals surface area contributed by atoms with E-state index in [0.29, 0.717) is 0 Å². The maximum atomic E-state index is 13.0. The summed E-state index contributed by atoms with van der Waals surface area (Å²) in [6, 6.07) is 14.6. The van der Waals surface area contributed by atoms with Gasteiger partial charge in [0, 0.05) is 50.2 Å². The van der Waals surface area contributed by atoms with E-state index in [9.17, 15) is 4.39 Å². The molecule has 0 unspecified atom stereocenters. The van der Waals surface area contributed by atoms with Crippen LogP contribution in [0.3, 0.4) is 0 Å². The number of halogens is 2. The van der Waals surface area contributed by atoms with Crippen LogP contribution >= 0.6 is 22.9 Å². The minimum Gasteiger partial charge on any atom is -0.297 e. The van der Waals surface area contributed by atoms with E-state index in [2.05, 4.69) is 15.2 Å². The van der Waals surface area contributed by atoms with E-state index in [1.54, 1.807) is 11.3 Å². The zero-order chi connectivity index (χ0) is 18.6. The van der Waals surface area contributed by atoms with Gasteiger partial charge in [-0.1, -0.05) is 41.9 Å². The molecule has 0 saturated carbocycles. The Hall–Kier alpha value is -1.79. The van der Waals surface area contributed by atoms with Crippen molar-refractivity contribution in [2.75, 3.05) is 26.2 Å². The highest BCUT2D eigenvalue weighted by atomic mass is 35.5. The molecule has 0 spiro atoms. The summed E-state index contributed by atoms with van der Waals surface area (Å²) in [6.07, 6.45) is 0. The van der Waals surface area contributed by atoms with Crippen molar-refractivity contribution in [1.29, 1.82) is 0 Å². The Labute approximate surface area is 168 Å². The van der Waals surface area contributed by atoms with E-state index in [0.717, 1.165) is 66.1 Å². The minimum absolute atomic E-state index is 0.178. The van der Waals surface area contributed by atoms with Crippen molar-refractivity contribution in [3.05, 3.63) is 76.0 Å². The Morgan fingerprint density at radius 1 is 0.926 bits per heavy atom. The molecule has 2 heterocycles. The largest absolute Gasteiger partial charge is 0.297 e. The molecule has 0 atom stereocenters. The maximum absolute atomic E-state index is 13.0. The predicted octanol–water partition coefficient (Wildman–Crippen LogP) is 4.92. The van der Waals surface area contributed by atoms with E-state index >= 15 is 0 Å². The Bertz CT molecular complexity index is 888. The Morgan fingerprint density at radius 2 is 1.59 bits per heavy atom. The normalized spacial score (nSPS) is 15.9. The lowest BCUT2D eigenvalue weighted by Crippen LogP contribution is -2.45. The highest BCUT2D eigenvalue weighted by Crippen LogP contribution is 2.30. The Kier molecular flexibility index (Phi) is 5.83. The first-order valence-corrected chi connectivity index (χ1v) is 10.3. The molecule has 1 saturated heterocycles. The van der Waals surface area contributed by atoms with Crippen LogP contribution in [0.1, 0.15) is 11.3 Å². The van der Waals surface area contributed by atoms with Crippen LogP contribution in [0.4, 0.5) is 4.39 Å². The van der Waals surface area contributed by atoms with Crippen LogP contribution in [0, 0.1) is 5.82 Å². The van der Waals surface area contributed by atoms with Gasteiger partial charge in [0.2, 0.25) is 0 Å². The third-order valence-electron chi connectivity index (χ3n) is 4.83. The smallest absolute Gasteiger partial charge is 0.125 e. The van der Waals surface area contributed by atoms with Gasteiger partial charge in [-0.15, -0.1) is 11.3 Å². The highest BCUT2D eigenvalue weighted by molar-refractivity contribution is 7.13. The molecule has 4 rings (SSSR count). The van der Waals surface area contributed by atoms with E-state index < -0.39 is 0 Å². The Morgan fingerprint density at radius 3 is 2.30 bits per heavy atom. The molecular formula is C21H21ClFN3S. The molecule has 0 N–H and O–H groups in total. The monoisotopic (exact) mass is 401 g/mol. The SMILES string of the molecule is Fc1ccc(CN2CCN(Cc3csc(-c4ccccc4Cl)n3)CC2)cc1. The quantitative estimate of drug-likeness (QED) is 0.604. The number of rotatable bonds is 5. The maximum Gasteiger partial charge on any atom is 0.125 e. The van der Waals surface area contributed by atoms with Gasteiger partial charge in [0.25, 0.3) is 0 Å². The summed E-state index contributed by atoms with van der Waals surface area (Å²) in [5, 5.41) is 3.85. The van der Waals surface area contributed by atoms with E-state index in [4.69, 9.17) is 16.6 Å². The number of hydrogen-bond donors (Lipinski definition) is 0. The first kappa shape index (κ1) is 18.6. The summed E-state index contributed by atoms with van der Waals surface area (Å²) in [4.78, 5) is 9.63. The van der Waals surface area contributed by atoms with Gasteiger partial charge in [-0.05, 0) is 23.8 Å². The van der Waals surface area contributed by atoms with Gasteiger partial charge >= 0.3 is 0 Å². The topological polar surface area (TPSA) is 19.4 Å². The van der Waals surface area contributed by atoms with Crippen LogP contribution in [0.25, 0.3) is 10.6 Å². The molecule has 1 aliphatic heterocycles. The van der Waals surface area contributed by atoms with Crippen LogP contribution in [-0.2, 0) is 13.1 Å². The van der Waals surface area contributed by atoms with Crippen molar-refractivity contribution >= 4 is 22.9 Å². The first-order valence-electron chi connectivity index (χ1n) is 9.06. The number of hydrogen-bond acceptors (Lipinski definition) is 4. The number of nitrogens with zero attached hydrogens (tertiary/aromatic N) is 3. The van der Waals surface area contributed by atoms with Gasteiger partial charge in [0.1, 0.15) is 10.8 Å². The number of piperazine rings is 1. The molecule has 1 aromatic heterocycles. The van der Waals surface area contributed by atoms with Crippen LogP contribution in [0.15, 0.2) is 53.9 Å². The lowest BCUT2D eigenvalue weighted by atomic mass is 10.2. The summed E-state index contributed by atoms with van der Waals surface area (Å²) in [5.41, 5.74) is 3.26. The number of benzene rings is 2. The molecule has 0 bridgehead atoms. The molecule has 3 aromatic rings. The average molecular weight is 402 g/mol. The molecule has 2 aromatic carbocycles. The molecule has 0 aliphatic carbocycles. The third kappa shape index (κ3) is 4.74. The highest BCUT2D eigenvalue weighted by Gasteiger charge is 2.18. The van der Waals surface area contributed by atoms with Gasteiger partial charge in [-0.2, -0.15) is 0 Å². The molecule has 1 aliphatic rings. The second kappa shape index (κ2) is 8.48. The van der Waals surface area contributed by atoms with Crippen molar-refractivity contribution in [3.8, 4) is 10.6 Å². The standard InChI is InChI=1S/C21H21ClFN3S/c22-20-4-2-1-3-19(20)21-24-18(15-27-21)14-26-11-9-25(10-12-26)13-16-5-7-17(23)8-6-16/h1-8,15H,9-14H2. The van der Waals surface area contributed by atoms with Crippen LogP contribution < -0.4 is 0 Å². The zero-order valence-corrected chi connectivity index (χ0v) is 16.5. The van der Waals surface area contributed by atoms with Gasteiger partial charge in [0.05, 0.1) is 10.7 Å². The molecule has 0 radical (unpaired) electrons. The molecule has 3 nitrogen and oxygen atoms in total. The predicted molar refractivity (Wildman–Crippen MR) is 110 cm³/mol. The van der Waals surface area contributed by atoms with Crippen molar-refractivity contribution in [3.63, 3.8) is 0 Å². The number of aromatic nitrogens is 1. The second-order valence-electron chi connectivity index (χ2n) is 6.80. The summed E-state index contributed by atoms with van der Waals surface area (Å²) in [6.45, 7) is 5.80. The summed E-state index contributed by atoms with van der Waals surface area (Å²) >= 11 is 7.93. The molecule has 0 amide bonds. The van der Waals surface area contributed by atoms with Gasteiger partial charge in [-0.3, -0.25) is 9.80 Å². The average Bonchev–Trinajstić information content (AvgIpc) is 3.14. The van der Waals surface area contributed by atoms with E-state index in [1.807, 2.05) is 36.4 Å². The van der Waals surface area contributed by atoms with Crippen molar-refractivity contribution < 1.29 is 4.39 Å². The van der Waals surface area contributed by atoms with E-state index in [1.165, 1.54) is 12.1 Å². The zero-order valence-electron chi connectivity index (χ0n) is 14.9. The fraction of sp³-hybridized carbons (Fsp3) is 0.286. The molecule has 1 fully saturated rings. The van der Waals surface area contributed by atoms with Gasteiger partial charge in [0.15, 0.2) is 0 Å². The summed E-state index contributed by atoms with van der Waals surface area (Å²) in [7, 11) is 0. The van der Waals surface area contributed by atoms with Crippen molar-refractivity contribution in [2.24, 2.45) is 0 Å². The lowest BCUT2D eigenvalue weighted by Gasteiger charge is -2.34. The van der Waals surface area contributed by atoms with Gasteiger partial charge < -0.3 is 0 Å². The molecular weight excluding hydrogens is 381 g/mol. The van der Waals surface area contributed by atoms with Gasteiger partial charge in [-0.25, -0.2) is 9.37 Å². The molecule has 140 valence electrons. The molecule has 6 heteroatoms. The Balaban J connectivity index is 1.31. The molecule has 27 heavy (non-hydrogen) atoms. The van der Waals surface area contributed by atoms with Crippen LogP contribution in [-0.4, -0.2) is 41.0 Å². The summed E-state index contributed by atoms with van der Waals surface area (Å²) in [5.74, 6) is -0.178. The lowest BCUT2D eigenvalue weighted by molar-refractivity contribution is 0.121. The van der Waals surface area contributed by atoms with E-state index in [-0.39, 0.29) is 5.82 Å². The first-order chi connectivity index (χ1) is 13.2. The second-order valence-corrected chi connectivity index (χ2v) is 8.07. The van der Waals surface area contributed by atoms with Crippen molar-refractivity contribution in [1.82, 2.24) is 14.8 Å². The van der Waals surface area contributed by atoms with Crippen LogP contribution in [0.5, 0.6) is 0 Å². The summed E-state index contributed by atoms with van der Waals surface area (Å²) < 4.78 is 13.0.